The van der Waals surface area contributed by atoms with E-state index in [0.29, 0.717) is 26.9 Å². The Morgan fingerprint density at radius 1 is 1.12 bits per heavy atom. The maximum Gasteiger partial charge on any atom is 0.116 e. The molecule has 0 unspecified atom stereocenters. The first kappa shape index (κ1) is 18.0. The van der Waals surface area contributed by atoms with Gasteiger partial charge in [0.25, 0.3) is 0 Å². The highest BCUT2D eigenvalue weighted by Gasteiger charge is 2.16. The lowest BCUT2D eigenvalue weighted by atomic mass is 9.99. The third-order valence-corrected chi connectivity index (χ3v) is 4.85. The Hall–Kier alpha value is -2.81. The molecule has 0 N–H and O–H groups in total. The van der Waals surface area contributed by atoms with Crippen molar-refractivity contribution in [3.63, 3.8) is 0 Å². The van der Waals surface area contributed by atoms with Gasteiger partial charge in [0.2, 0.25) is 0 Å². The van der Waals surface area contributed by atoms with Gasteiger partial charge in [-0.3, -0.25) is 0 Å². The number of pyridine rings is 1. The van der Waals surface area contributed by atoms with Crippen molar-refractivity contribution in [2.24, 2.45) is 0 Å². The average Bonchev–Trinajstić information content (AvgIpc) is 2.67. The predicted molar refractivity (Wildman–Crippen MR) is 101 cm³/mol. The fraction of sp³-hybridized carbons (Fsp3) is 0.0500. The highest BCUT2D eigenvalue weighted by atomic mass is 35.5. The maximum atomic E-state index is 10.9. The number of benzene rings is 2. The van der Waals surface area contributed by atoms with Gasteiger partial charge in [0.1, 0.15) is 11.1 Å². The summed E-state index contributed by atoms with van der Waals surface area (Å²) in [4.78, 5) is 15.4. The number of aromatic nitrogens is 1. The molecule has 0 aliphatic carbocycles. The summed E-state index contributed by atoms with van der Waals surface area (Å²) in [5.74, 6) is -1.49. The Labute approximate surface area is 160 Å². The molecule has 0 fully saturated rings. The molecular formula is C20H12ClN2O2S-. The average molecular weight is 380 g/mol. The third kappa shape index (κ3) is 4.05. The molecule has 0 aliphatic heterocycles. The molecule has 3 aromatic rings. The number of hydrogen-bond donors (Lipinski definition) is 0. The van der Waals surface area contributed by atoms with Crippen LogP contribution in [0.2, 0.25) is 5.02 Å². The summed E-state index contributed by atoms with van der Waals surface area (Å²) in [6.45, 7) is 0. The maximum absolute atomic E-state index is 10.9. The first-order chi connectivity index (χ1) is 12.6. The number of halogens is 1. The van der Waals surface area contributed by atoms with Gasteiger partial charge in [-0.25, -0.2) is 4.98 Å². The summed E-state index contributed by atoms with van der Waals surface area (Å²) in [6, 6.07) is 20.6. The molecule has 1 heterocycles. The molecule has 0 radical (unpaired) electrons. The molecule has 0 bridgehead atoms. The van der Waals surface area contributed by atoms with Gasteiger partial charge in [-0.2, -0.15) is 5.26 Å². The summed E-state index contributed by atoms with van der Waals surface area (Å²) in [7, 11) is 0. The van der Waals surface area contributed by atoms with Crippen LogP contribution in [0.4, 0.5) is 0 Å². The molecule has 4 nitrogen and oxygen atoms in total. The SMILES string of the molecule is N#Cc1c(-c2ccc(Cl)cc2)cc(-c2ccccc2)nc1SCC(=O)[O-]. The summed E-state index contributed by atoms with van der Waals surface area (Å²) in [5.41, 5.74) is 3.36. The predicted octanol–water partition coefficient (Wildman–Crippen LogP) is 3.78. The van der Waals surface area contributed by atoms with Gasteiger partial charge in [-0.1, -0.05) is 65.8 Å². The molecule has 2 aromatic carbocycles. The van der Waals surface area contributed by atoms with Gasteiger partial charge < -0.3 is 9.90 Å². The van der Waals surface area contributed by atoms with Crippen LogP contribution in [-0.4, -0.2) is 16.7 Å². The van der Waals surface area contributed by atoms with Gasteiger partial charge in [0.15, 0.2) is 0 Å². The third-order valence-electron chi connectivity index (χ3n) is 3.65. The van der Waals surface area contributed by atoms with E-state index in [1.165, 1.54) is 0 Å². The second-order valence-electron chi connectivity index (χ2n) is 5.38. The number of nitriles is 1. The van der Waals surface area contributed by atoms with Crippen LogP contribution in [0.3, 0.4) is 0 Å². The van der Waals surface area contributed by atoms with Crippen molar-refractivity contribution < 1.29 is 9.90 Å². The number of thioether (sulfide) groups is 1. The van der Waals surface area contributed by atoms with Gasteiger partial charge in [-0.05, 0) is 23.8 Å². The zero-order valence-electron chi connectivity index (χ0n) is 13.5. The molecule has 0 saturated heterocycles. The largest absolute Gasteiger partial charge is 0.549 e. The lowest BCUT2D eigenvalue weighted by Crippen LogP contribution is -2.24. The standard InChI is InChI=1S/C20H13ClN2O2S/c21-15-8-6-13(7-9-15)16-10-18(14-4-2-1-3-5-14)23-20(17(16)11-22)26-12-19(24)25/h1-10H,12H2,(H,24,25)/p-1. The molecule has 0 saturated carbocycles. The molecular weight excluding hydrogens is 368 g/mol. The minimum absolute atomic E-state index is 0.278. The van der Waals surface area contributed by atoms with E-state index in [1.807, 2.05) is 48.5 Å². The molecule has 0 atom stereocenters. The Bertz CT molecular complexity index is 983. The topological polar surface area (TPSA) is 76.8 Å². The van der Waals surface area contributed by atoms with Crippen molar-refractivity contribution in [2.45, 2.75) is 5.03 Å². The van der Waals surface area contributed by atoms with Crippen molar-refractivity contribution in [1.29, 1.82) is 5.26 Å². The van der Waals surface area contributed by atoms with E-state index in [9.17, 15) is 15.2 Å². The van der Waals surface area contributed by atoms with Gasteiger partial charge >= 0.3 is 0 Å². The number of carbonyl (C=O) groups excluding carboxylic acids is 1. The van der Waals surface area contributed by atoms with Crippen LogP contribution in [0.5, 0.6) is 0 Å². The number of rotatable bonds is 5. The van der Waals surface area contributed by atoms with Crippen LogP contribution in [0.15, 0.2) is 65.7 Å². The van der Waals surface area contributed by atoms with Crippen molar-refractivity contribution >= 4 is 29.3 Å². The van der Waals surface area contributed by atoms with Crippen LogP contribution in [0, 0.1) is 11.3 Å². The number of carboxylic acid groups (broad SMARTS) is 1. The minimum atomic E-state index is -1.21. The number of carbonyl (C=O) groups is 1. The fourth-order valence-electron chi connectivity index (χ4n) is 2.48. The zero-order valence-corrected chi connectivity index (χ0v) is 15.1. The Balaban J connectivity index is 2.20. The van der Waals surface area contributed by atoms with E-state index in [4.69, 9.17) is 11.6 Å². The van der Waals surface area contributed by atoms with Crippen LogP contribution < -0.4 is 5.11 Å². The van der Waals surface area contributed by atoms with Crippen molar-refractivity contribution in [3.05, 3.63) is 71.2 Å². The van der Waals surface area contributed by atoms with E-state index < -0.39 is 5.97 Å². The van der Waals surface area contributed by atoms with Crippen molar-refractivity contribution in [3.8, 4) is 28.5 Å². The first-order valence-corrected chi connectivity index (χ1v) is 9.04. The highest BCUT2D eigenvalue weighted by molar-refractivity contribution is 7.99. The molecule has 0 spiro atoms. The van der Waals surface area contributed by atoms with E-state index in [0.717, 1.165) is 22.9 Å². The molecule has 0 amide bonds. The van der Waals surface area contributed by atoms with Crippen LogP contribution in [0.25, 0.3) is 22.4 Å². The van der Waals surface area contributed by atoms with E-state index >= 15 is 0 Å². The number of hydrogen-bond acceptors (Lipinski definition) is 5. The molecule has 0 aliphatic rings. The fourth-order valence-corrected chi connectivity index (χ4v) is 3.32. The first-order valence-electron chi connectivity index (χ1n) is 7.67. The van der Waals surface area contributed by atoms with Crippen LogP contribution in [-0.2, 0) is 4.79 Å². The van der Waals surface area contributed by atoms with E-state index in [1.54, 1.807) is 12.1 Å². The lowest BCUT2D eigenvalue weighted by Gasteiger charge is -2.13. The van der Waals surface area contributed by atoms with Gasteiger partial charge in [0, 0.05) is 21.9 Å². The van der Waals surface area contributed by atoms with E-state index in [-0.39, 0.29) is 5.75 Å². The number of carboxylic acids is 1. The van der Waals surface area contributed by atoms with Crippen LogP contribution in [0.1, 0.15) is 5.56 Å². The number of aliphatic carboxylic acids is 1. The Morgan fingerprint density at radius 3 is 2.42 bits per heavy atom. The Morgan fingerprint density at radius 2 is 1.81 bits per heavy atom. The molecule has 6 heteroatoms. The normalized spacial score (nSPS) is 10.3. The highest BCUT2D eigenvalue weighted by Crippen LogP contribution is 2.34. The van der Waals surface area contributed by atoms with Crippen LogP contribution >= 0.6 is 23.4 Å². The zero-order chi connectivity index (χ0) is 18.5. The molecule has 3 rings (SSSR count). The van der Waals surface area contributed by atoms with Gasteiger partial charge in [0.05, 0.1) is 17.2 Å². The Kier molecular flexibility index (Phi) is 5.57. The van der Waals surface area contributed by atoms with Gasteiger partial charge in [-0.15, -0.1) is 0 Å². The minimum Gasteiger partial charge on any atom is -0.549 e. The smallest absolute Gasteiger partial charge is 0.116 e. The number of nitrogens with zero attached hydrogens (tertiary/aromatic N) is 2. The van der Waals surface area contributed by atoms with E-state index in [2.05, 4.69) is 11.1 Å². The second-order valence-corrected chi connectivity index (χ2v) is 6.78. The lowest BCUT2D eigenvalue weighted by molar-refractivity contribution is -0.301. The summed E-state index contributed by atoms with van der Waals surface area (Å²) in [5, 5.41) is 21.5. The quantitative estimate of drug-likeness (QED) is 0.630. The summed E-state index contributed by atoms with van der Waals surface area (Å²) < 4.78 is 0. The molecule has 128 valence electrons. The van der Waals surface area contributed by atoms with Crippen molar-refractivity contribution in [1.82, 2.24) is 4.98 Å². The second kappa shape index (κ2) is 8.05. The summed E-state index contributed by atoms with van der Waals surface area (Å²) >= 11 is 6.94. The summed E-state index contributed by atoms with van der Waals surface area (Å²) in [6.07, 6.45) is 0. The van der Waals surface area contributed by atoms with Crippen molar-refractivity contribution in [2.75, 3.05) is 5.75 Å². The molecule has 26 heavy (non-hydrogen) atoms. The monoisotopic (exact) mass is 379 g/mol. The molecule has 1 aromatic heterocycles.